The summed E-state index contributed by atoms with van der Waals surface area (Å²) in [7, 11) is -3.22. The molecule has 0 fully saturated rings. The van der Waals surface area contributed by atoms with Gasteiger partial charge in [-0.3, -0.25) is 4.79 Å². The maximum atomic E-state index is 12.1. The van der Waals surface area contributed by atoms with Crippen molar-refractivity contribution >= 4 is 21.4 Å². The number of anilines is 1. The number of fused-ring (bicyclic) bond motifs is 1. The molecule has 1 heterocycles. The summed E-state index contributed by atoms with van der Waals surface area (Å²) in [6, 6.07) is 6.73. The van der Waals surface area contributed by atoms with E-state index >= 15 is 0 Å². The highest BCUT2D eigenvalue weighted by Crippen LogP contribution is 2.30. The van der Waals surface area contributed by atoms with Crippen LogP contribution in [0.15, 0.2) is 29.2 Å². The zero-order chi connectivity index (χ0) is 13.2. The van der Waals surface area contributed by atoms with Crippen molar-refractivity contribution in [3.05, 3.63) is 24.3 Å². The molecule has 0 aliphatic carbocycles. The fourth-order valence-corrected chi connectivity index (χ4v) is 3.53. The number of para-hydroxylation sites is 1. The van der Waals surface area contributed by atoms with E-state index in [1.54, 1.807) is 29.2 Å². The van der Waals surface area contributed by atoms with E-state index in [0.29, 0.717) is 12.1 Å². The second-order valence-corrected chi connectivity index (χ2v) is 6.51. The average molecular weight is 267 g/mol. The summed E-state index contributed by atoms with van der Waals surface area (Å²) in [6.45, 7) is 2.30. The Balaban J connectivity index is 2.34. The number of nitrogens with zero attached hydrogens (tertiary/aromatic N) is 1. The van der Waals surface area contributed by atoms with Crippen molar-refractivity contribution in [3.8, 4) is 0 Å². The predicted octanol–water partition coefficient (Wildman–Crippen LogP) is 2.00. The SMILES string of the molecule is CCCCC(=O)N1CCS(=O)(=O)c2ccccc21. The quantitative estimate of drug-likeness (QED) is 0.841. The van der Waals surface area contributed by atoms with Crippen molar-refractivity contribution in [1.29, 1.82) is 0 Å². The van der Waals surface area contributed by atoms with Gasteiger partial charge in [0.05, 0.1) is 16.3 Å². The van der Waals surface area contributed by atoms with E-state index in [1.165, 1.54) is 0 Å². The smallest absolute Gasteiger partial charge is 0.227 e. The van der Waals surface area contributed by atoms with Crippen molar-refractivity contribution in [3.63, 3.8) is 0 Å². The van der Waals surface area contributed by atoms with Crippen LogP contribution >= 0.6 is 0 Å². The highest BCUT2D eigenvalue weighted by atomic mass is 32.2. The Morgan fingerprint density at radius 3 is 2.78 bits per heavy atom. The average Bonchev–Trinajstić information content (AvgIpc) is 2.36. The Kier molecular flexibility index (Phi) is 3.71. The summed E-state index contributed by atoms with van der Waals surface area (Å²) in [5, 5.41) is 0. The summed E-state index contributed by atoms with van der Waals surface area (Å²) in [6.07, 6.45) is 2.27. The number of sulfone groups is 1. The van der Waals surface area contributed by atoms with E-state index in [9.17, 15) is 13.2 Å². The molecule has 5 heteroatoms. The number of carbonyl (C=O) groups is 1. The molecule has 0 unspecified atom stereocenters. The topological polar surface area (TPSA) is 54.5 Å². The molecule has 0 radical (unpaired) electrons. The van der Waals surface area contributed by atoms with E-state index in [4.69, 9.17) is 0 Å². The number of amides is 1. The molecule has 18 heavy (non-hydrogen) atoms. The molecular formula is C13H17NO3S. The van der Waals surface area contributed by atoms with Crippen LogP contribution in [0.5, 0.6) is 0 Å². The van der Waals surface area contributed by atoms with Gasteiger partial charge in [0.25, 0.3) is 0 Å². The monoisotopic (exact) mass is 267 g/mol. The van der Waals surface area contributed by atoms with Gasteiger partial charge in [0.1, 0.15) is 0 Å². The maximum Gasteiger partial charge on any atom is 0.227 e. The summed E-state index contributed by atoms with van der Waals surface area (Å²) in [5.41, 5.74) is 0.532. The molecule has 1 aromatic rings. The third-order valence-electron chi connectivity index (χ3n) is 3.12. The molecule has 98 valence electrons. The predicted molar refractivity (Wildman–Crippen MR) is 70.4 cm³/mol. The fraction of sp³-hybridized carbons (Fsp3) is 0.462. The molecule has 1 aliphatic rings. The van der Waals surface area contributed by atoms with Gasteiger partial charge >= 0.3 is 0 Å². The van der Waals surface area contributed by atoms with Crippen molar-refractivity contribution in [1.82, 2.24) is 0 Å². The summed E-state index contributed by atoms with van der Waals surface area (Å²) < 4.78 is 23.8. The largest absolute Gasteiger partial charge is 0.310 e. The van der Waals surface area contributed by atoms with Gasteiger partial charge in [0.15, 0.2) is 9.84 Å². The Labute approximate surface area is 108 Å². The molecule has 0 saturated heterocycles. The van der Waals surface area contributed by atoms with Gasteiger partial charge in [-0.05, 0) is 18.6 Å². The number of hydrogen-bond acceptors (Lipinski definition) is 3. The first-order chi connectivity index (χ1) is 8.56. The van der Waals surface area contributed by atoms with Crippen LogP contribution in [0, 0.1) is 0 Å². The van der Waals surface area contributed by atoms with E-state index < -0.39 is 9.84 Å². The van der Waals surface area contributed by atoms with E-state index in [2.05, 4.69) is 0 Å². The first-order valence-electron chi connectivity index (χ1n) is 6.18. The van der Waals surface area contributed by atoms with Crippen LogP contribution < -0.4 is 4.90 Å². The van der Waals surface area contributed by atoms with Crippen LogP contribution in [0.1, 0.15) is 26.2 Å². The third-order valence-corrected chi connectivity index (χ3v) is 4.86. The molecule has 1 amide bonds. The van der Waals surface area contributed by atoms with Crippen LogP contribution in [0.4, 0.5) is 5.69 Å². The highest BCUT2D eigenvalue weighted by molar-refractivity contribution is 7.91. The number of unbranched alkanes of at least 4 members (excludes halogenated alkanes) is 1. The minimum Gasteiger partial charge on any atom is -0.310 e. The molecule has 1 aromatic carbocycles. The highest BCUT2D eigenvalue weighted by Gasteiger charge is 2.30. The lowest BCUT2D eigenvalue weighted by Gasteiger charge is -2.29. The second-order valence-electron chi connectivity index (χ2n) is 4.44. The first kappa shape index (κ1) is 13.1. The minimum atomic E-state index is -3.22. The first-order valence-corrected chi connectivity index (χ1v) is 7.83. The fourth-order valence-electron chi connectivity index (χ4n) is 2.11. The Morgan fingerprint density at radius 1 is 1.33 bits per heavy atom. The lowest BCUT2D eigenvalue weighted by molar-refractivity contribution is -0.118. The lowest BCUT2D eigenvalue weighted by Crippen LogP contribution is -2.39. The van der Waals surface area contributed by atoms with Gasteiger partial charge < -0.3 is 4.90 Å². The van der Waals surface area contributed by atoms with E-state index in [1.807, 2.05) is 6.92 Å². The van der Waals surface area contributed by atoms with Crippen molar-refractivity contribution < 1.29 is 13.2 Å². The van der Waals surface area contributed by atoms with Gasteiger partial charge in [0, 0.05) is 13.0 Å². The minimum absolute atomic E-state index is 0.0131. The van der Waals surface area contributed by atoms with Gasteiger partial charge in [-0.25, -0.2) is 8.42 Å². The zero-order valence-electron chi connectivity index (χ0n) is 10.4. The lowest BCUT2D eigenvalue weighted by atomic mass is 10.2. The van der Waals surface area contributed by atoms with Crippen LogP contribution in [0.25, 0.3) is 0 Å². The molecule has 0 spiro atoms. The van der Waals surface area contributed by atoms with Gasteiger partial charge in [-0.15, -0.1) is 0 Å². The molecule has 2 rings (SSSR count). The van der Waals surface area contributed by atoms with Gasteiger partial charge in [-0.1, -0.05) is 25.5 Å². The third kappa shape index (κ3) is 2.41. The zero-order valence-corrected chi connectivity index (χ0v) is 11.2. The van der Waals surface area contributed by atoms with Crippen molar-refractivity contribution in [2.45, 2.75) is 31.1 Å². The van der Waals surface area contributed by atoms with Crippen molar-refractivity contribution in [2.75, 3.05) is 17.2 Å². The van der Waals surface area contributed by atoms with Crippen LogP contribution in [0.3, 0.4) is 0 Å². The maximum absolute atomic E-state index is 12.1. The molecular weight excluding hydrogens is 250 g/mol. The molecule has 0 saturated carbocycles. The van der Waals surface area contributed by atoms with Crippen LogP contribution in [-0.4, -0.2) is 26.6 Å². The summed E-state index contributed by atoms with van der Waals surface area (Å²) in [4.78, 5) is 13.9. The molecule has 0 aromatic heterocycles. The molecule has 0 N–H and O–H groups in total. The van der Waals surface area contributed by atoms with E-state index in [0.717, 1.165) is 12.8 Å². The van der Waals surface area contributed by atoms with Gasteiger partial charge in [0.2, 0.25) is 5.91 Å². The van der Waals surface area contributed by atoms with Crippen LogP contribution in [-0.2, 0) is 14.6 Å². The summed E-state index contributed by atoms with van der Waals surface area (Å²) >= 11 is 0. The Hall–Kier alpha value is -1.36. The van der Waals surface area contributed by atoms with Crippen molar-refractivity contribution in [2.24, 2.45) is 0 Å². The standard InChI is InChI=1S/C13H17NO3S/c1-2-3-8-13(15)14-9-10-18(16,17)12-7-5-4-6-11(12)14/h4-7H,2-3,8-10H2,1H3. The second kappa shape index (κ2) is 5.10. The normalized spacial score (nSPS) is 17.3. The number of hydrogen-bond donors (Lipinski definition) is 0. The number of benzene rings is 1. The number of carbonyl (C=O) groups excluding carboxylic acids is 1. The summed E-state index contributed by atoms with van der Waals surface area (Å²) in [5.74, 6) is 0.0289. The molecule has 1 aliphatic heterocycles. The Morgan fingerprint density at radius 2 is 2.06 bits per heavy atom. The van der Waals surface area contributed by atoms with E-state index in [-0.39, 0.29) is 23.1 Å². The molecule has 0 atom stereocenters. The van der Waals surface area contributed by atoms with Gasteiger partial charge in [-0.2, -0.15) is 0 Å². The molecule has 0 bridgehead atoms. The van der Waals surface area contributed by atoms with Crippen LogP contribution in [0.2, 0.25) is 0 Å². The number of rotatable bonds is 3. The Bertz CT molecular complexity index is 551. The molecule has 4 nitrogen and oxygen atoms in total.